The lowest BCUT2D eigenvalue weighted by molar-refractivity contribution is -0.161. The molecule has 1 aliphatic heterocycles. The van der Waals surface area contributed by atoms with Crippen molar-refractivity contribution in [1.29, 1.82) is 0 Å². The van der Waals surface area contributed by atoms with Crippen LogP contribution in [0.2, 0.25) is 0 Å². The lowest BCUT2D eigenvalue weighted by atomic mass is 10.2. The Balaban J connectivity index is 1.71. The van der Waals surface area contributed by atoms with Crippen molar-refractivity contribution < 1.29 is 19.4 Å². The van der Waals surface area contributed by atoms with Crippen molar-refractivity contribution in [3.63, 3.8) is 0 Å². The van der Waals surface area contributed by atoms with Gasteiger partial charge in [0, 0.05) is 13.0 Å². The normalized spacial score (nSPS) is 19.1. The average molecular weight is 267 g/mol. The van der Waals surface area contributed by atoms with Crippen molar-refractivity contribution in [1.82, 2.24) is 9.97 Å². The first-order valence-corrected chi connectivity index (χ1v) is 6.28. The highest BCUT2D eigenvalue weighted by Crippen LogP contribution is 2.13. The van der Waals surface area contributed by atoms with Gasteiger partial charge in [0.05, 0.1) is 24.7 Å². The SMILES string of the molecule is O=C(O)Nc1cnc(CCOC2CCCCO2)cn1. The highest BCUT2D eigenvalue weighted by molar-refractivity contribution is 5.80. The predicted molar refractivity (Wildman–Crippen MR) is 66.9 cm³/mol. The summed E-state index contributed by atoms with van der Waals surface area (Å²) in [5.74, 6) is 0.216. The molecule has 0 aromatic carbocycles. The summed E-state index contributed by atoms with van der Waals surface area (Å²) in [6, 6.07) is 0. The number of nitrogens with zero attached hydrogens (tertiary/aromatic N) is 2. The molecule has 19 heavy (non-hydrogen) atoms. The monoisotopic (exact) mass is 267 g/mol. The van der Waals surface area contributed by atoms with Crippen molar-refractivity contribution in [3.05, 3.63) is 18.1 Å². The quantitative estimate of drug-likeness (QED) is 0.842. The number of carboxylic acid groups (broad SMARTS) is 1. The first kappa shape index (κ1) is 13.7. The van der Waals surface area contributed by atoms with Crippen molar-refractivity contribution in [2.24, 2.45) is 0 Å². The number of carbonyl (C=O) groups is 1. The van der Waals surface area contributed by atoms with Crippen molar-refractivity contribution in [2.75, 3.05) is 18.5 Å². The van der Waals surface area contributed by atoms with Gasteiger partial charge in [-0.05, 0) is 19.3 Å². The molecule has 104 valence electrons. The van der Waals surface area contributed by atoms with Gasteiger partial charge in [0.25, 0.3) is 0 Å². The summed E-state index contributed by atoms with van der Waals surface area (Å²) in [6.45, 7) is 1.28. The van der Waals surface area contributed by atoms with E-state index in [9.17, 15) is 4.79 Å². The Morgan fingerprint density at radius 3 is 3.00 bits per heavy atom. The fourth-order valence-corrected chi connectivity index (χ4v) is 1.80. The van der Waals surface area contributed by atoms with Crippen LogP contribution in [0.5, 0.6) is 0 Å². The molecule has 7 nitrogen and oxygen atoms in total. The molecule has 2 N–H and O–H groups in total. The summed E-state index contributed by atoms with van der Waals surface area (Å²) in [5, 5.41) is 10.6. The molecule has 2 heterocycles. The van der Waals surface area contributed by atoms with Gasteiger partial charge in [0.15, 0.2) is 12.1 Å². The van der Waals surface area contributed by atoms with E-state index in [0.29, 0.717) is 13.0 Å². The first-order chi connectivity index (χ1) is 9.24. The molecule has 2 rings (SSSR count). The number of ether oxygens (including phenoxy) is 2. The lowest BCUT2D eigenvalue weighted by Gasteiger charge is -2.22. The van der Waals surface area contributed by atoms with Crippen LogP contribution >= 0.6 is 0 Å². The van der Waals surface area contributed by atoms with Crippen molar-refractivity contribution in [2.45, 2.75) is 32.0 Å². The summed E-state index contributed by atoms with van der Waals surface area (Å²) in [6.07, 6.45) is 5.47. The topological polar surface area (TPSA) is 93.6 Å². The van der Waals surface area contributed by atoms with Gasteiger partial charge in [0.2, 0.25) is 0 Å². The molecule has 7 heteroatoms. The third kappa shape index (κ3) is 4.80. The highest BCUT2D eigenvalue weighted by Gasteiger charge is 2.13. The van der Waals surface area contributed by atoms with Gasteiger partial charge in [-0.25, -0.2) is 9.78 Å². The van der Waals surface area contributed by atoms with Crippen LogP contribution in [0, 0.1) is 0 Å². The number of anilines is 1. The third-order valence-corrected chi connectivity index (χ3v) is 2.74. The zero-order chi connectivity index (χ0) is 13.5. The Morgan fingerprint density at radius 1 is 1.47 bits per heavy atom. The summed E-state index contributed by atoms with van der Waals surface area (Å²) >= 11 is 0. The van der Waals surface area contributed by atoms with E-state index in [1.165, 1.54) is 12.4 Å². The Kier molecular flexibility index (Phi) is 5.05. The number of rotatable bonds is 5. The van der Waals surface area contributed by atoms with E-state index in [1.807, 2.05) is 0 Å². The zero-order valence-corrected chi connectivity index (χ0v) is 10.5. The second-order valence-corrected chi connectivity index (χ2v) is 4.24. The molecule has 1 aromatic rings. The Hall–Kier alpha value is -1.73. The minimum absolute atomic E-state index is 0.102. The van der Waals surface area contributed by atoms with Gasteiger partial charge in [0.1, 0.15) is 0 Å². The summed E-state index contributed by atoms with van der Waals surface area (Å²) < 4.78 is 11.0. The van der Waals surface area contributed by atoms with Crippen LogP contribution < -0.4 is 5.32 Å². The van der Waals surface area contributed by atoms with Crippen LogP contribution in [-0.2, 0) is 15.9 Å². The standard InChI is InChI=1S/C12H17N3O4/c16-12(17)15-10-8-13-9(7-14-10)4-6-19-11-3-1-2-5-18-11/h7-8,11H,1-6H2,(H,14,15)(H,16,17). The molecule has 1 amide bonds. The first-order valence-electron chi connectivity index (χ1n) is 6.28. The Bertz CT molecular complexity index is 404. The second kappa shape index (κ2) is 7.01. The van der Waals surface area contributed by atoms with Crippen molar-refractivity contribution >= 4 is 11.9 Å². The molecule has 1 aliphatic rings. The largest absolute Gasteiger partial charge is 0.465 e. The van der Waals surface area contributed by atoms with Crippen LogP contribution in [0.15, 0.2) is 12.4 Å². The molecule has 0 radical (unpaired) electrons. The highest BCUT2D eigenvalue weighted by atomic mass is 16.7. The minimum Gasteiger partial charge on any atom is -0.465 e. The van der Waals surface area contributed by atoms with E-state index in [4.69, 9.17) is 14.6 Å². The fourth-order valence-electron chi connectivity index (χ4n) is 1.80. The third-order valence-electron chi connectivity index (χ3n) is 2.74. The van der Waals surface area contributed by atoms with Crippen LogP contribution in [0.3, 0.4) is 0 Å². The fraction of sp³-hybridized carbons (Fsp3) is 0.583. The van der Waals surface area contributed by atoms with E-state index >= 15 is 0 Å². The summed E-state index contributed by atoms with van der Waals surface area (Å²) in [7, 11) is 0. The predicted octanol–water partition coefficient (Wildman–Crippen LogP) is 1.65. The van der Waals surface area contributed by atoms with Gasteiger partial charge >= 0.3 is 6.09 Å². The number of amides is 1. The van der Waals surface area contributed by atoms with Gasteiger partial charge in [-0.2, -0.15) is 0 Å². The van der Waals surface area contributed by atoms with Crippen LogP contribution in [0.25, 0.3) is 0 Å². The number of aromatic nitrogens is 2. The van der Waals surface area contributed by atoms with E-state index in [-0.39, 0.29) is 12.1 Å². The maximum absolute atomic E-state index is 10.4. The minimum atomic E-state index is -1.15. The summed E-state index contributed by atoms with van der Waals surface area (Å²) in [5.41, 5.74) is 0.756. The van der Waals surface area contributed by atoms with Crippen LogP contribution in [-0.4, -0.2) is 40.7 Å². The second-order valence-electron chi connectivity index (χ2n) is 4.24. The van der Waals surface area contributed by atoms with Gasteiger partial charge in [-0.1, -0.05) is 0 Å². The Morgan fingerprint density at radius 2 is 2.37 bits per heavy atom. The smallest absolute Gasteiger partial charge is 0.410 e. The van der Waals surface area contributed by atoms with Crippen LogP contribution in [0.1, 0.15) is 25.0 Å². The van der Waals surface area contributed by atoms with E-state index < -0.39 is 6.09 Å². The van der Waals surface area contributed by atoms with E-state index in [1.54, 1.807) is 0 Å². The Labute approximate surface area is 111 Å². The molecule has 1 saturated heterocycles. The lowest BCUT2D eigenvalue weighted by Crippen LogP contribution is -2.23. The molecular weight excluding hydrogens is 250 g/mol. The number of nitrogens with one attached hydrogen (secondary N) is 1. The zero-order valence-electron chi connectivity index (χ0n) is 10.5. The van der Waals surface area contributed by atoms with Crippen molar-refractivity contribution in [3.8, 4) is 0 Å². The number of hydrogen-bond donors (Lipinski definition) is 2. The molecule has 1 aromatic heterocycles. The van der Waals surface area contributed by atoms with E-state index in [2.05, 4.69) is 15.3 Å². The maximum Gasteiger partial charge on any atom is 0.410 e. The molecule has 0 bridgehead atoms. The van der Waals surface area contributed by atoms with Gasteiger partial charge in [-0.3, -0.25) is 10.3 Å². The average Bonchev–Trinajstić information content (AvgIpc) is 2.41. The molecule has 1 unspecified atom stereocenters. The number of hydrogen-bond acceptors (Lipinski definition) is 5. The van der Waals surface area contributed by atoms with Crippen LogP contribution in [0.4, 0.5) is 10.6 Å². The molecule has 0 spiro atoms. The molecule has 0 saturated carbocycles. The van der Waals surface area contributed by atoms with E-state index in [0.717, 1.165) is 31.6 Å². The molecule has 0 aliphatic carbocycles. The maximum atomic E-state index is 10.4. The summed E-state index contributed by atoms with van der Waals surface area (Å²) in [4.78, 5) is 18.4. The van der Waals surface area contributed by atoms with Gasteiger partial charge in [-0.15, -0.1) is 0 Å². The molecule has 1 atom stereocenters. The molecule has 1 fully saturated rings. The van der Waals surface area contributed by atoms with Gasteiger partial charge < -0.3 is 14.6 Å². The molecular formula is C12H17N3O4.